The van der Waals surface area contributed by atoms with Gasteiger partial charge in [-0.2, -0.15) is 0 Å². The zero-order valence-corrected chi connectivity index (χ0v) is 39.2. The van der Waals surface area contributed by atoms with Crippen LogP contribution in [-0.2, 0) is 57.0 Å². The molecule has 18 nitrogen and oxygen atoms in total. The molecule has 3 saturated heterocycles. The SMILES string of the molecule is [2H]C([2H])([2H])N(C)[C@@H]1[C@@H](O)[C@H](O[C@H]2[C@@H](CC=O)C[C@@H](C)C(=O)/C=C/C(C)=C/[C@H](CO[C@@H]3O[C@H](C)[C@@H](O)[C@@H](OC)[C@H]3OC)[C@@H](CC)OC(=O)C[C@@H](O)[C@@H]2C)O[C@H](C)[C@H]1O[C@H]1C[C@@](C)(O)[C@@H](O)[C@H](C)O1. The third-order valence-electron chi connectivity index (χ3n) is 13.3. The molecule has 0 radical (unpaired) electrons. The number of hydrogen-bond acceptors (Lipinski definition) is 18. The molecule has 0 saturated carbocycles. The van der Waals surface area contributed by atoms with Crippen LogP contribution in [0.5, 0.6) is 0 Å². The van der Waals surface area contributed by atoms with Crippen LogP contribution < -0.4 is 0 Å². The molecule has 0 aromatic rings. The van der Waals surface area contributed by atoms with Gasteiger partial charge in [0.1, 0.15) is 49.0 Å². The Morgan fingerprint density at radius 1 is 0.906 bits per heavy atom. The molecule has 4 aliphatic heterocycles. The number of cyclic esters (lactones) is 1. The number of aldehydes is 1. The minimum Gasteiger partial charge on any atom is -0.462 e. The third-order valence-corrected chi connectivity index (χ3v) is 13.3. The Bertz CT molecular complexity index is 1670. The first-order valence-corrected chi connectivity index (χ1v) is 22.4. The lowest BCUT2D eigenvalue weighted by molar-refractivity contribution is -0.341. The summed E-state index contributed by atoms with van der Waals surface area (Å²) < 4.78 is 79.1. The van der Waals surface area contributed by atoms with Gasteiger partial charge in [-0.05, 0) is 73.5 Å². The number of methoxy groups -OCH3 is 2. The second-order valence-electron chi connectivity index (χ2n) is 18.4. The van der Waals surface area contributed by atoms with E-state index in [1.54, 1.807) is 47.6 Å². The number of allylic oxidation sites excluding steroid dienone is 3. The maximum atomic E-state index is 13.8. The smallest absolute Gasteiger partial charge is 0.308 e. The molecule has 0 aromatic heterocycles. The van der Waals surface area contributed by atoms with E-state index in [0.29, 0.717) is 18.3 Å². The largest absolute Gasteiger partial charge is 0.462 e. The van der Waals surface area contributed by atoms with E-state index in [9.17, 15) is 39.9 Å². The van der Waals surface area contributed by atoms with E-state index in [-0.39, 0.29) is 31.7 Å². The summed E-state index contributed by atoms with van der Waals surface area (Å²) in [6.07, 6.45) is -11.3. The Kier molecular flexibility index (Phi) is 18.7. The Morgan fingerprint density at radius 3 is 2.19 bits per heavy atom. The van der Waals surface area contributed by atoms with E-state index >= 15 is 0 Å². The Hall–Kier alpha value is -2.27. The fourth-order valence-electron chi connectivity index (χ4n) is 9.36. The molecular formula is C46H77NO17. The minimum absolute atomic E-state index is 0.0456. The molecule has 4 heterocycles. The molecular weight excluding hydrogens is 838 g/mol. The summed E-state index contributed by atoms with van der Waals surface area (Å²) in [5.74, 6) is -4.09. The maximum Gasteiger partial charge on any atom is 0.308 e. The first-order chi connectivity index (χ1) is 31.3. The molecule has 18 heteroatoms. The van der Waals surface area contributed by atoms with Gasteiger partial charge < -0.3 is 77.9 Å². The average molecular weight is 919 g/mol. The maximum absolute atomic E-state index is 13.8. The molecule has 0 bridgehead atoms. The molecule has 0 amide bonds. The number of hydrogen-bond donors (Lipinski definition) is 5. The quantitative estimate of drug-likeness (QED) is 0.131. The highest BCUT2D eigenvalue weighted by Crippen LogP contribution is 2.37. The number of likely N-dealkylation sites (N-methyl/N-ethyl adjacent to an activating group) is 1. The molecule has 0 aromatic carbocycles. The number of rotatable bonds is 13. The van der Waals surface area contributed by atoms with Crippen LogP contribution in [0.1, 0.15) is 91.6 Å². The molecule has 5 N–H and O–H groups in total. The number of ether oxygens (including phenoxy) is 9. The number of ketones is 1. The molecule has 4 aliphatic rings. The summed E-state index contributed by atoms with van der Waals surface area (Å²) in [5.41, 5.74) is -0.974. The van der Waals surface area contributed by atoms with Gasteiger partial charge in [-0.1, -0.05) is 38.5 Å². The van der Waals surface area contributed by atoms with Crippen molar-refractivity contribution in [2.24, 2.45) is 23.7 Å². The lowest BCUT2D eigenvalue weighted by Crippen LogP contribution is -2.65. The number of aliphatic hydroxyl groups is 5. The second kappa shape index (κ2) is 24.1. The van der Waals surface area contributed by atoms with Gasteiger partial charge in [0.15, 0.2) is 24.7 Å². The Labute approximate surface area is 382 Å². The van der Waals surface area contributed by atoms with E-state index < -0.39 is 147 Å². The highest BCUT2D eigenvalue weighted by Gasteiger charge is 2.52. The van der Waals surface area contributed by atoms with E-state index in [1.807, 2.05) is 13.0 Å². The number of carbonyl (C=O) groups excluding carboxylic acids is 3. The molecule has 368 valence electrons. The van der Waals surface area contributed by atoms with Gasteiger partial charge in [-0.3, -0.25) is 9.59 Å². The fourth-order valence-corrected chi connectivity index (χ4v) is 9.36. The molecule has 0 aliphatic carbocycles. The number of carbonyl (C=O) groups is 3. The molecule has 21 atom stereocenters. The number of nitrogens with zero attached hydrogens (tertiary/aromatic N) is 1. The van der Waals surface area contributed by atoms with Crippen LogP contribution in [0.3, 0.4) is 0 Å². The summed E-state index contributed by atoms with van der Waals surface area (Å²) in [6.45, 7) is 10.3. The van der Waals surface area contributed by atoms with Crippen molar-refractivity contribution in [2.75, 3.05) is 34.8 Å². The average Bonchev–Trinajstić information content (AvgIpc) is 3.25. The fraction of sp³-hybridized carbons (Fsp3) is 0.848. The third kappa shape index (κ3) is 13.5. The van der Waals surface area contributed by atoms with E-state index in [1.165, 1.54) is 34.3 Å². The Morgan fingerprint density at radius 2 is 1.58 bits per heavy atom. The van der Waals surface area contributed by atoms with E-state index in [4.69, 9.17) is 46.7 Å². The normalized spacial score (nSPS) is 46.8. The first kappa shape index (κ1) is 49.6. The lowest BCUT2D eigenvalue weighted by Gasteiger charge is -2.50. The van der Waals surface area contributed by atoms with Crippen molar-refractivity contribution in [3.63, 3.8) is 0 Å². The number of aliphatic hydroxyl groups excluding tert-OH is 4. The van der Waals surface area contributed by atoms with Crippen molar-refractivity contribution in [1.29, 1.82) is 0 Å². The van der Waals surface area contributed by atoms with Gasteiger partial charge in [-0.25, -0.2) is 0 Å². The first-order valence-electron chi connectivity index (χ1n) is 23.9. The monoisotopic (exact) mass is 919 g/mol. The van der Waals surface area contributed by atoms with Crippen molar-refractivity contribution in [3.05, 3.63) is 23.8 Å². The zero-order chi connectivity index (χ0) is 50.3. The molecule has 0 unspecified atom stereocenters. The molecule has 64 heavy (non-hydrogen) atoms. The highest BCUT2D eigenvalue weighted by molar-refractivity contribution is 5.91. The summed E-state index contributed by atoms with van der Waals surface area (Å²) >= 11 is 0. The van der Waals surface area contributed by atoms with Gasteiger partial charge in [-0.15, -0.1) is 0 Å². The second-order valence-corrected chi connectivity index (χ2v) is 18.4. The van der Waals surface area contributed by atoms with Gasteiger partial charge in [0.05, 0.1) is 55.2 Å². The van der Waals surface area contributed by atoms with Crippen molar-refractivity contribution in [2.45, 2.75) is 191 Å². The standard InChI is InChI=1S/C46H77NO17/c1-13-33-30(22-58-45-42(57-12)41(56-11)37(52)26(5)60-45)18-23(2)14-15-31(49)24(3)19-29(16-17-48)39(25(4)32(50)20-34(51)62-33)64-44-38(53)36(47(9)10)40(27(6)61-44)63-35-21-46(8,55)43(54)28(7)59-35/h14-15,17-18,24-30,32-33,35-45,50,52-55H,13,16,19-22H2,1-12H3/b15-14+,23-18+/t24-,25+,26-,27-,28+,29+,30-,32-,33-,35+,36-,37-,38-,39-,40-,41-,42-,43+,44+,45-,46-/m1/s1/i9D3. The van der Waals surface area contributed by atoms with Crippen LogP contribution in [-0.4, -0.2) is 187 Å². The van der Waals surface area contributed by atoms with Crippen LogP contribution in [0, 0.1) is 23.7 Å². The summed E-state index contributed by atoms with van der Waals surface area (Å²) in [5, 5.41) is 56.0. The molecule has 3 fully saturated rings. The predicted molar refractivity (Wildman–Crippen MR) is 230 cm³/mol. The van der Waals surface area contributed by atoms with Crippen LogP contribution in [0.25, 0.3) is 0 Å². The van der Waals surface area contributed by atoms with Crippen molar-refractivity contribution >= 4 is 18.0 Å². The zero-order valence-electron chi connectivity index (χ0n) is 42.2. The summed E-state index contributed by atoms with van der Waals surface area (Å²) in [6, 6.07) is -1.35. The van der Waals surface area contributed by atoms with Gasteiger partial charge >= 0.3 is 5.97 Å². The van der Waals surface area contributed by atoms with Crippen LogP contribution in [0.15, 0.2) is 23.8 Å². The van der Waals surface area contributed by atoms with Crippen LogP contribution in [0.4, 0.5) is 0 Å². The van der Waals surface area contributed by atoms with Crippen LogP contribution >= 0.6 is 0 Å². The number of esters is 1. The van der Waals surface area contributed by atoms with Crippen molar-refractivity contribution < 1.29 is 86.7 Å². The summed E-state index contributed by atoms with van der Waals surface area (Å²) in [4.78, 5) is 40.9. The topological polar surface area (TPSA) is 239 Å². The van der Waals surface area contributed by atoms with Gasteiger partial charge in [0.25, 0.3) is 0 Å². The van der Waals surface area contributed by atoms with E-state index in [0.717, 1.165) is 4.90 Å². The minimum atomic E-state index is -2.77. The van der Waals surface area contributed by atoms with Gasteiger partial charge in [0, 0.05) is 48.9 Å². The molecule has 4 rings (SSSR count). The van der Waals surface area contributed by atoms with E-state index in [2.05, 4.69) is 0 Å². The summed E-state index contributed by atoms with van der Waals surface area (Å²) in [7, 11) is 4.17. The Balaban J connectivity index is 1.66. The van der Waals surface area contributed by atoms with Crippen molar-refractivity contribution in [3.8, 4) is 0 Å². The van der Waals surface area contributed by atoms with Crippen molar-refractivity contribution in [1.82, 2.24) is 4.90 Å². The highest BCUT2D eigenvalue weighted by atomic mass is 16.7. The van der Waals surface area contributed by atoms with Crippen LogP contribution in [0.2, 0.25) is 0 Å². The van der Waals surface area contributed by atoms with Gasteiger partial charge in [0.2, 0.25) is 0 Å². The lowest BCUT2D eigenvalue weighted by atomic mass is 9.79. The molecule has 0 spiro atoms. The predicted octanol–water partition coefficient (Wildman–Crippen LogP) is 1.83.